The van der Waals surface area contributed by atoms with E-state index in [2.05, 4.69) is 15.6 Å². The van der Waals surface area contributed by atoms with Gasteiger partial charge in [0.05, 0.1) is 0 Å². The van der Waals surface area contributed by atoms with E-state index < -0.39 is 23.8 Å². The van der Waals surface area contributed by atoms with Crippen LogP contribution in [-0.4, -0.2) is 34.0 Å². The van der Waals surface area contributed by atoms with Gasteiger partial charge in [0.25, 0.3) is 0 Å². The van der Waals surface area contributed by atoms with E-state index in [4.69, 9.17) is 5.21 Å². The molecule has 166 valence electrons. The van der Waals surface area contributed by atoms with Crippen molar-refractivity contribution in [1.82, 2.24) is 21.1 Å². The van der Waals surface area contributed by atoms with Crippen LogP contribution in [0.15, 0.2) is 54.9 Å². The first-order valence-corrected chi connectivity index (χ1v) is 10.3. The Bertz CT molecular complexity index is 843. The van der Waals surface area contributed by atoms with Crippen LogP contribution in [0.4, 0.5) is 0 Å². The zero-order valence-corrected chi connectivity index (χ0v) is 17.9. The van der Waals surface area contributed by atoms with E-state index in [1.54, 1.807) is 30.0 Å². The molecule has 0 radical (unpaired) electrons. The fraction of sp³-hybridized carbons (Fsp3) is 0.391. The predicted molar refractivity (Wildman–Crippen MR) is 116 cm³/mol. The lowest BCUT2D eigenvalue weighted by molar-refractivity contribution is -0.136. The molecule has 31 heavy (non-hydrogen) atoms. The van der Waals surface area contributed by atoms with Crippen LogP contribution in [-0.2, 0) is 27.3 Å². The third kappa shape index (κ3) is 8.55. The summed E-state index contributed by atoms with van der Waals surface area (Å²) in [4.78, 5) is 41.5. The van der Waals surface area contributed by atoms with Gasteiger partial charge in [-0.3, -0.25) is 24.6 Å². The van der Waals surface area contributed by atoms with Gasteiger partial charge in [0, 0.05) is 37.7 Å². The lowest BCUT2D eigenvalue weighted by atomic mass is 9.92. The fourth-order valence-corrected chi connectivity index (χ4v) is 3.28. The van der Waals surface area contributed by atoms with E-state index in [1.165, 1.54) is 0 Å². The van der Waals surface area contributed by atoms with Crippen LogP contribution < -0.4 is 16.1 Å². The van der Waals surface area contributed by atoms with Gasteiger partial charge >= 0.3 is 0 Å². The van der Waals surface area contributed by atoms with Crippen molar-refractivity contribution in [2.24, 2.45) is 11.8 Å². The van der Waals surface area contributed by atoms with Crippen molar-refractivity contribution >= 4 is 17.7 Å². The maximum Gasteiger partial charge on any atom is 0.244 e. The molecule has 4 N–H and O–H groups in total. The molecule has 0 aliphatic heterocycles. The van der Waals surface area contributed by atoms with Crippen molar-refractivity contribution < 1.29 is 19.6 Å². The van der Waals surface area contributed by atoms with Crippen molar-refractivity contribution in [2.75, 3.05) is 0 Å². The predicted octanol–water partition coefficient (Wildman–Crippen LogP) is 1.98. The summed E-state index contributed by atoms with van der Waals surface area (Å²) in [5.41, 5.74) is 3.37. The molecule has 1 heterocycles. The molecular weight excluding hydrogens is 396 g/mol. The van der Waals surface area contributed by atoms with Gasteiger partial charge in [0.2, 0.25) is 17.7 Å². The lowest BCUT2D eigenvalue weighted by Gasteiger charge is -2.23. The number of rotatable bonds is 11. The Morgan fingerprint density at radius 2 is 1.65 bits per heavy atom. The molecule has 0 fully saturated rings. The highest BCUT2D eigenvalue weighted by Gasteiger charge is 2.28. The molecule has 0 saturated carbocycles. The van der Waals surface area contributed by atoms with Gasteiger partial charge in [0.1, 0.15) is 6.04 Å². The monoisotopic (exact) mass is 426 g/mol. The molecule has 1 aromatic carbocycles. The van der Waals surface area contributed by atoms with Crippen LogP contribution in [0.2, 0.25) is 0 Å². The third-order valence-corrected chi connectivity index (χ3v) is 4.81. The molecule has 8 nitrogen and oxygen atoms in total. The summed E-state index contributed by atoms with van der Waals surface area (Å²) in [7, 11) is 0. The molecule has 0 unspecified atom stereocenters. The fourth-order valence-electron chi connectivity index (χ4n) is 3.28. The second kappa shape index (κ2) is 12.4. The second-order valence-corrected chi connectivity index (χ2v) is 7.89. The molecule has 1 aromatic heterocycles. The minimum absolute atomic E-state index is 0.159. The van der Waals surface area contributed by atoms with E-state index in [-0.39, 0.29) is 24.7 Å². The smallest absolute Gasteiger partial charge is 0.244 e. The zero-order chi connectivity index (χ0) is 22.6. The number of hydroxylamine groups is 1. The SMILES string of the molecule is CC(C)C[C@H](CC(=O)NO)C(=O)N[C@@H](Cc1ccncc1)C(=O)NCc1ccccc1. The van der Waals surface area contributed by atoms with Gasteiger partial charge in [-0.1, -0.05) is 44.2 Å². The van der Waals surface area contributed by atoms with Crippen molar-refractivity contribution in [3.8, 4) is 0 Å². The topological polar surface area (TPSA) is 120 Å². The van der Waals surface area contributed by atoms with E-state index in [1.807, 2.05) is 44.2 Å². The second-order valence-electron chi connectivity index (χ2n) is 7.89. The highest BCUT2D eigenvalue weighted by Crippen LogP contribution is 2.16. The molecule has 2 rings (SSSR count). The first-order chi connectivity index (χ1) is 14.9. The van der Waals surface area contributed by atoms with Crippen LogP contribution in [0.5, 0.6) is 0 Å². The first-order valence-electron chi connectivity index (χ1n) is 10.3. The van der Waals surface area contributed by atoms with Crippen molar-refractivity contribution in [2.45, 2.75) is 45.7 Å². The maximum atomic E-state index is 12.9. The van der Waals surface area contributed by atoms with Crippen molar-refractivity contribution in [1.29, 1.82) is 0 Å². The number of hydrogen-bond acceptors (Lipinski definition) is 5. The minimum Gasteiger partial charge on any atom is -0.350 e. The summed E-state index contributed by atoms with van der Waals surface area (Å²) in [5, 5.41) is 14.5. The molecular formula is C23H30N4O4. The average molecular weight is 427 g/mol. The number of benzene rings is 1. The summed E-state index contributed by atoms with van der Waals surface area (Å²) >= 11 is 0. The van der Waals surface area contributed by atoms with Gasteiger partial charge in [0.15, 0.2) is 0 Å². The van der Waals surface area contributed by atoms with E-state index in [0.717, 1.165) is 11.1 Å². The van der Waals surface area contributed by atoms with Gasteiger partial charge in [-0.2, -0.15) is 0 Å². The summed E-state index contributed by atoms with van der Waals surface area (Å²) < 4.78 is 0. The molecule has 0 spiro atoms. The van der Waals surface area contributed by atoms with Crippen LogP contribution in [0, 0.1) is 11.8 Å². The van der Waals surface area contributed by atoms with Crippen LogP contribution in [0.25, 0.3) is 0 Å². The molecule has 0 bridgehead atoms. The lowest BCUT2D eigenvalue weighted by Crippen LogP contribution is -2.50. The van der Waals surface area contributed by atoms with Crippen LogP contribution in [0.1, 0.15) is 37.8 Å². The molecule has 0 aliphatic rings. The Morgan fingerprint density at radius 1 is 0.968 bits per heavy atom. The van der Waals surface area contributed by atoms with Gasteiger partial charge in [-0.05, 0) is 35.6 Å². The number of pyridine rings is 1. The minimum atomic E-state index is -0.814. The van der Waals surface area contributed by atoms with Gasteiger partial charge in [-0.25, -0.2) is 5.48 Å². The Kier molecular flexibility index (Phi) is 9.64. The van der Waals surface area contributed by atoms with E-state index >= 15 is 0 Å². The Morgan fingerprint density at radius 3 is 2.26 bits per heavy atom. The third-order valence-electron chi connectivity index (χ3n) is 4.81. The maximum absolute atomic E-state index is 12.9. The van der Waals surface area contributed by atoms with Gasteiger partial charge in [-0.15, -0.1) is 0 Å². The van der Waals surface area contributed by atoms with Crippen LogP contribution in [0.3, 0.4) is 0 Å². The van der Waals surface area contributed by atoms with Crippen molar-refractivity contribution in [3.05, 3.63) is 66.0 Å². The average Bonchev–Trinajstić information content (AvgIpc) is 2.77. The highest BCUT2D eigenvalue weighted by atomic mass is 16.5. The Hall–Kier alpha value is -3.26. The molecule has 8 heteroatoms. The number of nitrogens with zero attached hydrogens (tertiary/aromatic N) is 1. The molecule has 2 atom stereocenters. The number of nitrogens with one attached hydrogen (secondary N) is 3. The number of carbonyl (C=O) groups is 3. The number of carbonyl (C=O) groups excluding carboxylic acids is 3. The quantitative estimate of drug-likeness (QED) is 0.323. The standard InChI is InChI=1S/C23H30N4O4/c1-16(2)12-19(14-21(28)27-31)22(29)26-20(13-17-8-10-24-11-9-17)23(30)25-15-18-6-4-3-5-7-18/h3-11,16,19-20,31H,12-15H2,1-2H3,(H,25,30)(H,26,29)(H,27,28)/t19-,20+/m1/s1. The van der Waals surface area contributed by atoms with Crippen LogP contribution >= 0.6 is 0 Å². The Labute approximate surface area is 182 Å². The molecule has 2 aromatic rings. The highest BCUT2D eigenvalue weighted by molar-refractivity contribution is 5.90. The zero-order valence-electron chi connectivity index (χ0n) is 17.9. The molecule has 0 aliphatic carbocycles. The first kappa shape index (κ1) is 24.0. The number of amides is 3. The van der Waals surface area contributed by atoms with Gasteiger partial charge < -0.3 is 10.6 Å². The summed E-state index contributed by atoms with van der Waals surface area (Å²) in [6, 6.07) is 12.2. The summed E-state index contributed by atoms with van der Waals surface area (Å²) in [6.45, 7) is 4.22. The normalized spacial score (nSPS) is 12.6. The van der Waals surface area contributed by atoms with E-state index in [9.17, 15) is 14.4 Å². The van der Waals surface area contributed by atoms with Crippen molar-refractivity contribution in [3.63, 3.8) is 0 Å². The summed E-state index contributed by atoms with van der Waals surface area (Å²) in [5.74, 6) is -1.85. The summed E-state index contributed by atoms with van der Waals surface area (Å²) in [6.07, 6.45) is 3.84. The molecule has 3 amide bonds. The number of hydrogen-bond donors (Lipinski definition) is 4. The number of aromatic nitrogens is 1. The molecule has 0 saturated heterocycles. The largest absolute Gasteiger partial charge is 0.350 e. The Balaban J connectivity index is 2.12. The van der Waals surface area contributed by atoms with E-state index in [0.29, 0.717) is 13.0 Å².